The molecule has 2 heterocycles. The molecule has 10 nitrogen and oxygen atoms in total. The van der Waals surface area contributed by atoms with Crippen LogP contribution in [0.3, 0.4) is 0 Å². The molecule has 0 unspecified atom stereocenters. The summed E-state index contributed by atoms with van der Waals surface area (Å²) in [5, 5.41) is 35.4. The molecule has 3 rings (SSSR count). The van der Waals surface area contributed by atoms with Crippen LogP contribution in [0.25, 0.3) is 5.57 Å². The maximum atomic E-state index is 11.8. The number of halogens is 1. The highest BCUT2D eigenvalue weighted by molar-refractivity contribution is 6.29. The summed E-state index contributed by atoms with van der Waals surface area (Å²) in [4.78, 5) is 27.2. The van der Waals surface area contributed by atoms with Crippen molar-refractivity contribution in [3.8, 4) is 6.07 Å². The molecule has 0 amide bonds. The van der Waals surface area contributed by atoms with E-state index in [4.69, 9.17) is 11.6 Å². The summed E-state index contributed by atoms with van der Waals surface area (Å²) in [6.45, 7) is 1.40. The lowest BCUT2D eigenvalue weighted by atomic mass is 10.1. The third-order valence-corrected chi connectivity index (χ3v) is 4.61. The number of nitro groups is 2. The number of hydrogen-bond acceptors (Lipinski definition) is 8. The number of non-ortho nitro benzene ring substituents is 1. The molecule has 1 N–H and O–H groups in total. The van der Waals surface area contributed by atoms with Crippen molar-refractivity contribution < 1.29 is 9.85 Å². The third-order valence-electron chi connectivity index (χ3n) is 4.38. The van der Waals surface area contributed by atoms with Gasteiger partial charge in [0.15, 0.2) is 5.82 Å². The van der Waals surface area contributed by atoms with Gasteiger partial charge < -0.3 is 10.2 Å². The quantitative estimate of drug-likeness (QED) is 0.321. The predicted molar refractivity (Wildman–Crippen MR) is 108 cm³/mol. The molecule has 1 aliphatic heterocycles. The lowest BCUT2D eigenvalue weighted by Gasteiger charge is -2.18. The Morgan fingerprint density at radius 2 is 2.00 bits per heavy atom. The monoisotopic (exact) mass is 426 g/mol. The molecule has 1 aliphatic rings. The van der Waals surface area contributed by atoms with E-state index in [1.807, 2.05) is 6.07 Å². The van der Waals surface area contributed by atoms with Gasteiger partial charge in [-0.1, -0.05) is 17.7 Å². The van der Waals surface area contributed by atoms with E-state index < -0.39 is 9.85 Å². The van der Waals surface area contributed by atoms with Crippen molar-refractivity contribution in [3.63, 3.8) is 0 Å². The second kappa shape index (κ2) is 9.02. The van der Waals surface area contributed by atoms with E-state index in [1.165, 1.54) is 30.3 Å². The molecular formula is C19H15ClN6O4. The van der Waals surface area contributed by atoms with Crippen molar-refractivity contribution in [2.24, 2.45) is 0 Å². The topological polar surface area (TPSA) is 138 Å². The van der Waals surface area contributed by atoms with Crippen molar-refractivity contribution in [2.75, 3.05) is 13.1 Å². The van der Waals surface area contributed by atoms with Gasteiger partial charge >= 0.3 is 5.70 Å². The first-order valence-corrected chi connectivity index (χ1v) is 9.11. The Morgan fingerprint density at radius 1 is 1.27 bits per heavy atom. The van der Waals surface area contributed by atoms with Crippen LogP contribution in [0.5, 0.6) is 0 Å². The number of nitrogens with zero attached hydrogens (tertiary/aromatic N) is 5. The van der Waals surface area contributed by atoms with Gasteiger partial charge in [-0.3, -0.25) is 20.2 Å². The van der Waals surface area contributed by atoms with E-state index in [9.17, 15) is 25.5 Å². The van der Waals surface area contributed by atoms with Crippen LogP contribution < -0.4 is 5.32 Å². The highest BCUT2D eigenvalue weighted by Crippen LogP contribution is 2.23. The second-order valence-corrected chi connectivity index (χ2v) is 6.69. The predicted octanol–water partition coefficient (Wildman–Crippen LogP) is 3.10. The van der Waals surface area contributed by atoms with Crippen molar-refractivity contribution in [3.05, 3.63) is 96.7 Å². The van der Waals surface area contributed by atoms with E-state index >= 15 is 0 Å². The fourth-order valence-electron chi connectivity index (χ4n) is 2.95. The Kier molecular flexibility index (Phi) is 6.24. The fourth-order valence-corrected chi connectivity index (χ4v) is 3.06. The zero-order valence-electron chi connectivity index (χ0n) is 15.5. The molecule has 0 saturated carbocycles. The van der Waals surface area contributed by atoms with E-state index in [0.29, 0.717) is 30.4 Å². The Labute approximate surface area is 176 Å². The van der Waals surface area contributed by atoms with Crippen LogP contribution in [0.1, 0.15) is 11.1 Å². The molecule has 11 heteroatoms. The normalized spacial score (nSPS) is 15.3. The number of rotatable bonds is 6. The molecule has 1 fully saturated rings. The molecular weight excluding hydrogens is 412 g/mol. The van der Waals surface area contributed by atoms with Crippen LogP contribution in [0, 0.1) is 31.6 Å². The number of benzene rings is 1. The number of nitro benzene ring substituents is 1. The first-order chi connectivity index (χ1) is 14.4. The molecule has 0 spiro atoms. The molecule has 152 valence electrons. The van der Waals surface area contributed by atoms with E-state index in [1.54, 1.807) is 23.2 Å². The summed E-state index contributed by atoms with van der Waals surface area (Å²) in [5.74, 6) is 0.282. The van der Waals surface area contributed by atoms with Gasteiger partial charge in [-0.2, -0.15) is 5.26 Å². The number of pyridine rings is 1. The minimum atomic E-state index is -0.566. The first-order valence-electron chi connectivity index (χ1n) is 8.73. The molecule has 0 bridgehead atoms. The summed E-state index contributed by atoms with van der Waals surface area (Å²) in [5.41, 5.74) is 0.775. The Balaban J connectivity index is 1.96. The third kappa shape index (κ3) is 4.71. The maximum Gasteiger partial charge on any atom is 0.310 e. The van der Waals surface area contributed by atoms with Crippen LogP contribution in [-0.2, 0) is 6.54 Å². The van der Waals surface area contributed by atoms with Gasteiger partial charge in [0.25, 0.3) is 5.69 Å². The Bertz CT molecular complexity index is 1070. The van der Waals surface area contributed by atoms with E-state index in [2.05, 4.69) is 10.3 Å². The van der Waals surface area contributed by atoms with Gasteiger partial charge in [0, 0.05) is 44.0 Å². The highest BCUT2D eigenvalue weighted by atomic mass is 35.5. The Morgan fingerprint density at radius 3 is 2.57 bits per heavy atom. The molecule has 2 aromatic rings. The summed E-state index contributed by atoms with van der Waals surface area (Å²) in [6.07, 6.45) is 2.76. The summed E-state index contributed by atoms with van der Waals surface area (Å²) in [7, 11) is 0. The largest absolute Gasteiger partial charge is 0.364 e. The van der Waals surface area contributed by atoms with Gasteiger partial charge in [-0.15, -0.1) is 0 Å². The molecule has 1 aromatic heterocycles. The van der Waals surface area contributed by atoms with Crippen molar-refractivity contribution in [2.45, 2.75) is 6.54 Å². The Hall–Kier alpha value is -3.97. The molecule has 0 radical (unpaired) electrons. The molecule has 0 atom stereocenters. The lowest BCUT2D eigenvalue weighted by Crippen LogP contribution is -2.23. The number of nitriles is 1. The maximum absolute atomic E-state index is 11.8. The number of allylic oxidation sites excluding steroid dienone is 2. The van der Waals surface area contributed by atoms with Gasteiger partial charge in [0.1, 0.15) is 11.2 Å². The van der Waals surface area contributed by atoms with Gasteiger partial charge in [-0.05, 0) is 29.3 Å². The smallest absolute Gasteiger partial charge is 0.310 e. The minimum Gasteiger partial charge on any atom is -0.364 e. The average Bonchev–Trinajstić information content (AvgIpc) is 3.18. The lowest BCUT2D eigenvalue weighted by molar-refractivity contribution is -0.421. The van der Waals surface area contributed by atoms with Gasteiger partial charge in [0.05, 0.1) is 15.4 Å². The van der Waals surface area contributed by atoms with Gasteiger partial charge in [-0.25, -0.2) is 4.98 Å². The van der Waals surface area contributed by atoms with Gasteiger partial charge in [0.2, 0.25) is 0 Å². The zero-order valence-corrected chi connectivity index (χ0v) is 16.2. The summed E-state index contributed by atoms with van der Waals surface area (Å²) >= 11 is 5.80. The fraction of sp³-hybridized carbons (Fsp3) is 0.158. The van der Waals surface area contributed by atoms with Crippen molar-refractivity contribution >= 4 is 22.9 Å². The van der Waals surface area contributed by atoms with Crippen molar-refractivity contribution in [1.82, 2.24) is 15.2 Å². The van der Waals surface area contributed by atoms with Crippen LogP contribution in [0.2, 0.25) is 5.15 Å². The first kappa shape index (κ1) is 20.8. The SMILES string of the molecule is N#C/C(=C\C(=C1/NCCN1Cc1ccc(Cl)nc1)[N+](=O)[O-])c1ccc([N+](=O)[O-])cc1. The second-order valence-electron chi connectivity index (χ2n) is 6.30. The van der Waals surface area contributed by atoms with E-state index in [-0.39, 0.29) is 22.8 Å². The van der Waals surface area contributed by atoms with E-state index in [0.717, 1.165) is 5.56 Å². The van der Waals surface area contributed by atoms with Crippen LogP contribution in [0.15, 0.2) is 60.2 Å². The standard InChI is InChI=1S/C19H15ClN6O4/c20-18-6-1-13(11-23-18)12-24-8-7-22-19(24)17(26(29)30)9-15(10-21)14-2-4-16(5-3-14)25(27)28/h1-6,9,11,22H,7-8,12H2/b15-9+,19-17-. The number of aromatic nitrogens is 1. The highest BCUT2D eigenvalue weighted by Gasteiger charge is 2.27. The van der Waals surface area contributed by atoms with Crippen LogP contribution in [0.4, 0.5) is 5.69 Å². The summed E-state index contributed by atoms with van der Waals surface area (Å²) < 4.78 is 0. The summed E-state index contributed by atoms with van der Waals surface area (Å²) in [6, 6.07) is 10.6. The molecule has 0 aliphatic carbocycles. The number of nitrogens with one attached hydrogen (secondary N) is 1. The minimum absolute atomic E-state index is 0.0194. The molecule has 1 saturated heterocycles. The molecule has 30 heavy (non-hydrogen) atoms. The zero-order chi connectivity index (χ0) is 21.7. The van der Waals surface area contributed by atoms with Crippen LogP contribution in [-0.4, -0.2) is 32.8 Å². The average molecular weight is 427 g/mol. The number of hydrogen-bond donors (Lipinski definition) is 1. The van der Waals surface area contributed by atoms with Crippen molar-refractivity contribution in [1.29, 1.82) is 5.26 Å². The molecule has 1 aromatic carbocycles. The van der Waals surface area contributed by atoms with Crippen LogP contribution >= 0.6 is 11.6 Å².